The first kappa shape index (κ1) is 10.9. The molecule has 13 heavy (non-hydrogen) atoms. The normalized spacial score (nSPS) is 17.7. The Bertz CT molecular complexity index is 166. The fraction of sp³-hybridized carbons (Fsp3) is 0.900. The van der Waals surface area contributed by atoms with Crippen molar-refractivity contribution in [3.05, 3.63) is 0 Å². The molecular formula is C10H19NOS. The summed E-state index contributed by atoms with van der Waals surface area (Å²) >= 11 is 4.09. The number of thiol groups is 1. The van der Waals surface area contributed by atoms with Gasteiger partial charge in [-0.05, 0) is 25.5 Å². The summed E-state index contributed by atoms with van der Waals surface area (Å²) in [6.07, 6.45) is 5.57. The molecule has 0 aromatic carbocycles. The van der Waals surface area contributed by atoms with Crippen LogP contribution in [0.15, 0.2) is 0 Å². The molecule has 1 amide bonds. The molecule has 0 atom stereocenters. The Morgan fingerprint density at radius 2 is 2.08 bits per heavy atom. The zero-order chi connectivity index (χ0) is 9.68. The maximum atomic E-state index is 11.6. The second kappa shape index (κ2) is 5.53. The third kappa shape index (κ3) is 2.90. The lowest BCUT2D eigenvalue weighted by molar-refractivity contribution is -0.132. The molecule has 76 valence electrons. The quantitative estimate of drug-likeness (QED) is 0.691. The van der Waals surface area contributed by atoms with Gasteiger partial charge in [-0.3, -0.25) is 4.79 Å². The number of carbonyl (C=O) groups excluding carboxylic acids is 1. The van der Waals surface area contributed by atoms with Gasteiger partial charge in [0.05, 0.1) is 0 Å². The van der Waals surface area contributed by atoms with Gasteiger partial charge >= 0.3 is 0 Å². The Morgan fingerprint density at radius 3 is 2.54 bits per heavy atom. The average Bonchev–Trinajstić information content (AvgIpc) is 2.59. The number of amides is 1. The maximum absolute atomic E-state index is 11.6. The second-order valence-electron chi connectivity index (χ2n) is 3.59. The van der Waals surface area contributed by atoms with Crippen LogP contribution in [0, 0.1) is 0 Å². The summed E-state index contributed by atoms with van der Waals surface area (Å²) in [7, 11) is 0. The lowest BCUT2D eigenvalue weighted by Gasteiger charge is -2.27. The van der Waals surface area contributed by atoms with Crippen molar-refractivity contribution in [1.29, 1.82) is 0 Å². The fourth-order valence-electron chi connectivity index (χ4n) is 2.09. The molecule has 0 aromatic heterocycles. The molecule has 0 aliphatic heterocycles. The van der Waals surface area contributed by atoms with E-state index in [0.29, 0.717) is 18.2 Å². The predicted octanol–water partition coefficient (Wildman–Crippen LogP) is 2.10. The SMILES string of the molecule is CCN(C(=O)CCS)C1CCCC1. The summed E-state index contributed by atoms with van der Waals surface area (Å²) in [6.45, 7) is 2.92. The molecule has 0 radical (unpaired) electrons. The Labute approximate surface area is 86.1 Å². The Morgan fingerprint density at radius 1 is 1.46 bits per heavy atom. The zero-order valence-electron chi connectivity index (χ0n) is 8.33. The lowest BCUT2D eigenvalue weighted by atomic mass is 10.2. The average molecular weight is 201 g/mol. The maximum Gasteiger partial charge on any atom is 0.223 e. The zero-order valence-corrected chi connectivity index (χ0v) is 9.22. The third-order valence-corrected chi connectivity index (χ3v) is 2.98. The topological polar surface area (TPSA) is 20.3 Å². The molecule has 2 nitrogen and oxygen atoms in total. The number of hydrogen-bond donors (Lipinski definition) is 1. The number of rotatable bonds is 4. The first-order valence-electron chi connectivity index (χ1n) is 5.20. The van der Waals surface area contributed by atoms with Gasteiger partial charge in [0.15, 0.2) is 0 Å². The molecule has 3 heteroatoms. The van der Waals surface area contributed by atoms with Crippen LogP contribution in [0.5, 0.6) is 0 Å². The van der Waals surface area contributed by atoms with Gasteiger partial charge in [0, 0.05) is 19.0 Å². The molecule has 1 fully saturated rings. The van der Waals surface area contributed by atoms with E-state index < -0.39 is 0 Å². The molecule has 1 aliphatic rings. The number of nitrogens with zero attached hydrogens (tertiary/aromatic N) is 1. The van der Waals surface area contributed by atoms with E-state index in [4.69, 9.17) is 0 Å². The Kier molecular flexibility index (Phi) is 4.64. The van der Waals surface area contributed by atoms with Crippen LogP contribution in [0.1, 0.15) is 39.0 Å². The minimum atomic E-state index is 0.282. The van der Waals surface area contributed by atoms with Crippen LogP contribution in [-0.4, -0.2) is 29.1 Å². The summed E-state index contributed by atoms with van der Waals surface area (Å²) in [5.41, 5.74) is 0. The fourth-order valence-corrected chi connectivity index (χ4v) is 2.28. The van der Waals surface area contributed by atoms with E-state index in [1.54, 1.807) is 0 Å². The highest BCUT2D eigenvalue weighted by molar-refractivity contribution is 7.80. The highest BCUT2D eigenvalue weighted by Gasteiger charge is 2.24. The van der Waals surface area contributed by atoms with Gasteiger partial charge in [0.2, 0.25) is 5.91 Å². The molecule has 1 aliphatic carbocycles. The highest BCUT2D eigenvalue weighted by atomic mass is 32.1. The van der Waals surface area contributed by atoms with Crippen LogP contribution < -0.4 is 0 Å². The van der Waals surface area contributed by atoms with Crippen molar-refractivity contribution in [3.8, 4) is 0 Å². The lowest BCUT2D eigenvalue weighted by Crippen LogP contribution is -2.38. The smallest absolute Gasteiger partial charge is 0.223 e. The van der Waals surface area contributed by atoms with Crippen molar-refractivity contribution in [2.24, 2.45) is 0 Å². The predicted molar refractivity (Wildman–Crippen MR) is 58.1 cm³/mol. The summed E-state index contributed by atoms with van der Waals surface area (Å²) in [6, 6.07) is 0.525. The van der Waals surface area contributed by atoms with Crippen molar-refractivity contribution in [2.45, 2.75) is 45.1 Å². The molecule has 0 bridgehead atoms. The summed E-state index contributed by atoms with van der Waals surface area (Å²) in [5, 5.41) is 0. The highest BCUT2D eigenvalue weighted by Crippen LogP contribution is 2.23. The van der Waals surface area contributed by atoms with E-state index >= 15 is 0 Å². The van der Waals surface area contributed by atoms with Gasteiger partial charge in [0.25, 0.3) is 0 Å². The number of hydrogen-bond acceptors (Lipinski definition) is 2. The molecule has 0 unspecified atom stereocenters. The second-order valence-corrected chi connectivity index (χ2v) is 4.04. The van der Waals surface area contributed by atoms with E-state index in [2.05, 4.69) is 19.6 Å². The van der Waals surface area contributed by atoms with Crippen LogP contribution in [-0.2, 0) is 4.79 Å². The van der Waals surface area contributed by atoms with Crippen LogP contribution in [0.25, 0.3) is 0 Å². The van der Waals surface area contributed by atoms with E-state index in [1.165, 1.54) is 25.7 Å². The largest absolute Gasteiger partial charge is 0.340 e. The van der Waals surface area contributed by atoms with Gasteiger partial charge < -0.3 is 4.90 Å². The monoisotopic (exact) mass is 201 g/mol. The molecule has 1 rings (SSSR count). The van der Waals surface area contributed by atoms with Gasteiger partial charge in [0.1, 0.15) is 0 Å². The van der Waals surface area contributed by atoms with E-state index in [0.717, 1.165) is 6.54 Å². The van der Waals surface area contributed by atoms with Crippen molar-refractivity contribution in [2.75, 3.05) is 12.3 Å². The van der Waals surface area contributed by atoms with Crippen molar-refractivity contribution < 1.29 is 4.79 Å². The molecule has 0 heterocycles. The molecule has 0 spiro atoms. The van der Waals surface area contributed by atoms with Crippen molar-refractivity contribution in [3.63, 3.8) is 0 Å². The van der Waals surface area contributed by atoms with E-state index in [-0.39, 0.29) is 5.91 Å². The van der Waals surface area contributed by atoms with E-state index in [1.807, 2.05) is 4.90 Å². The van der Waals surface area contributed by atoms with Crippen LogP contribution >= 0.6 is 12.6 Å². The van der Waals surface area contributed by atoms with Crippen LogP contribution in [0.3, 0.4) is 0 Å². The van der Waals surface area contributed by atoms with Gasteiger partial charge in [-0.2, -0.15) is 12.6 Å². The van der Waals surface area contributed by atoms with E-state index in [9.17, 15) is 4.79 Å². The van der Waals surface area contributed by atoms with Gasteiger partial charge in [-0.1, -0.05) is 12.8 Å². The van der Waals surface area contributed by atoms with Gasteiger partial charge in [-0.15, -0.1) is 0 Å². The summed E-state index contributed by atoms with van der Waals surface area (Å²) < 4.78 is 0. The van der Waals surface area contributed by atoms with Crippen LogP contribution in [0.2, 0.25) is 0 Å². The molecule has 1 saturated carbocycles. The Hall–Kier alpha value is -0.180. The van der Waals surface area contributed by atoms with Crippen LogP contribution in [0.4, 0.5) is 0 Å². The molecule has 0 saturated heterocycles. The first-order chi connectivity index (χ1) is 6.29. The minimum absolute atomic E-state index is 0.282. The summed E-state index contributed by atoms with van der Waals surface area (Å²) in [5.74, 6) is 0.951. The van der Waals surface area contributed by atoms with Crippen molar-refractivity contribution in [1.82, 2.24) is 4.90 Å². The molecule has 0 aromatic rings. The number of carbonyl (C=O) groups is 1. The molecule has 0 N–H and O–H groups in total. The minimum Gasteiger partial charge on any atom is -0.340 e. The third-order valence-electron chi connectivity index (χ3n) is 2.75. The molecular weight excluding hydrogens is 182 g/mol. The van der Waals surface area contributed by atoms with Gasteiger partial charge in [-0.25, -0.2) is 0 Å². The Balaban J connectivity index is 2.44. The first-order valence-corrected chi connectivity index (χ1v) is 5.83. The van der Waals surface area contributed by atoms with Crippen molar-refractivity contribution >= 4 is 18.5 Å². The standard InChI is InChI=1S/C10H19NOS/c1-2-11(10(12)7-8-13)9-5-3-4-6-9/h9,13H,2-8H2,1H3. The summed E-state index contributed by atoms with van der Waals surface area (Å²) in [4.78, 5) is 13.7.